The normalized spacial score (nSPS) is 10.6. The average molecular weight is 358 g/mol. The second-order valence-corrected chi connectivity index (χ2v) is 5.99. The number of aryl methyl sites for hydroxylation is 1. The van der Waals surface area contributed by atoms with Crippen LogP contribution < -0.4 is 5.32 Å². The minimum atomic E-state index is -0.410. The van der Waals surface area contributed by atoms with Crippen LogP contribution in [0.5, 0.6) is 0 Å². The summed E-state index contributed by atoms with van der Waals surface area (Å²) in [6, 6.07) is 9.95. The number of carbonyl (C=O) groups excluding carboxylic acids is 2. The molecule has 0 bridgehead atoms. The molecular weight excluding hydrogens is 332 g/mol. The van der Waals surface area contributed by atoms with Crippen LogP contribution in [0.3, 0.4) is 0 Å². The Bertz CT molecular complexity index is 738. The molecule has 140 valence electrons. The molecule has 0 saturated heterocycles. The Morgan fingerprint density at radius 3 is 2.58 bits per heavy atom. The molecular formula is C20H26N2O4. The third kappa shape index (κ3) is 5.20. The van der Waals surface area contributed by atoms with E-state index in [1.165, 1.54) is 0 Å². The molecule has 0 aliphatic carbocycles. The standard InChI is InChI=1S/C20H26N2O4/c1-4-26-20(24)17-14(2)18(22-15(17)3)19(23)21-11-8-12-25-13-16-9-6-5-7-10-16/h5-7,9-10,22H,4,8,11-13H2,1-3H3,(H,21,23). The fourth-order valence-electron chi connectivity index (χ4n) is 2.72. The number of amides is 1. The number of aromatic amines is 1. The van der Waals surface area contributed by atoms with Crippen LogP contribution in [-0.4, -0.2) is 36.6 Å². The van der Waals surface area contributed by atoms with E-state index < -0.39 is 5.97 Å². The molecule has 0 atom stereocenters. The summed E-state index contributed by atoms with van der Waals surface area (Å²) >= 11 is 0. The van der Waals surface area contributed by atoms with Crippen LogP contribution in [0.4, 0.5) is 0 Å². The Hall–Kier alpha value is -2.60. The van der Waals surface area contributed by atoms with Crippen molar-refractivity contribution >= 4 is 11.9 Å². The number of carbonyl (C=O) groups is 2. The molecule has 6 nitrogen and oxygen atoms in total. The van der Waals surface area contributed by atoms with Crippen LogP contribution in [-0.2, 0) is 16.1 Å². The van der Waals surface area contributed by atoms with Crippen molar-refractivity contribution in [2.45, 2.75) is 33.8 Å². The van der Waals surface area contributed by atoms with Crippen LogP contribution in [0.15, 0.2) is 30.3 Å². The fourth-order valence-corrected chi connectivity index (χ4v) is 2.72. The summed E-state index contributed by atoms with van der Waals surface area (Å²) in [6.45, 7) is 7.18. The quantitative estimate of drug-likeness (QED) is 0.533. The van der Waals surface area contributed by atoms with Gasteiger partial charge in [-0.15, -0.1) is 0 Å². The largest absolute Gasteiger partial charge is 0.462 e. The lowest BCUT2D eigenvalue weighted by Gasteiger charge is -2.07. The first kappa shape index (κ1) is 19.7. The molecule has 2 aromatic rings. The molecule has 0 saturated carbocycles. The van der Waals surface area contributed by atoms with Gasteiger partial charge in [-0.3, -0.25) is 4.79 Å². The number of nitrogens with one attached hydrogen (secondary N) is 2. The number of aromatic nitrogens is 1. The number of esters is 1. The predicted molar refractivity (Wildman–Crippen MR) is 99.3 cm³/mol. The number of ether oxygens (including phenoxy) is 2. The van der Waals surface area contributed by atoms with Gasteiger partial charge in [0.25, 0.3) is 5.91 Å². The van der Waals surface area contributed by atoms with E-state index in [4.69, 9.17) is 9.47 Å². The van der Waals surface area contributed by atoms with Gasteiger partial charge in [-0.25, -0.2) is 4.79 Å². The molecule has 6 heteroatoms. The van der Waals surface area contributed by atoms with Crippen molar-refractivity contribution in [3.05, 3.63) is 58.4 Å². The van der Waals surface area contributed by atoms with Crippen LogP contribution in [0.1, 0.15) is 51.0 Å². The van der Waals surface area contributed by atoms with Gasteiger partial charge in [0.05, 0.1) is 18.8 Å². The SMILES string of the molecule is CCOC(=O)c1c(C)[nH]c(C(=O)NCCCOCc2ccccc2)c1C. The number of hydrogen-bond donors (Lipinski definition) is 2. The van der Waals surface area contributed by atoms with Crippen molar-refractivity contribution in [1.29, 1.82) is 0 Å². The fraction of sp³-hybridized carbons (Fsp3) is 0.400. The van der Waals surface area contributed by atoms with E-state index in [1.54, 1.807) is 20.8 Å². The Morgan fingerprint density at radius 2 is 1.88 bits per heavy atom. The molecule has 1 amide bonds. The van der Waals surface area contributed by atoms with Gasteiger partial charge in [0, 0.05) is 18.8 Å². The summed E-state index contributed by atoms with van der Waals surface area (Å²) in [5.41, 5.74) is 3.20. The van der Waals surface area contributed by atoms with Crippen molar-refractivity contribution in [3.8, 4) is 0 Å². The lowest BCUT2D eigenvalue weighted by Crippen LogP contribution is -2.26. The number of rotatable bonds is 9. The molecule has 1 aromatic carbocycles. The van der Waals surface area contributed by atoms with Gasteiger partial charge < -0.3 is 19.8 Å². The zero-order valence-corrected chi connectivity index (χ0v) is 15.6. The highest BCUT2D eigenvalue weighted by atomic mass is 16.5. The van der Waals surface area contributed by atoms with Gasteiger partial charge in [-0.05, 0) is 38.3 Å². The molecule has 26 heavy (non-hydrogen) atoms. The Kier molecular flexibility index (Phi) is 7.41. The lowest BCUT2D eigenvalue weighted by atomic mass is 10.1. The maximum absolute atomic E-state index is 12.3. The Morgan fingerprint density at radius 1 is 1.15 bits per heavy atom. The first-order valence-electron chi connectivity index (χ1n) is 8.80. The second-order valence-electron chi connectivity index (χ2n) is 5.99. The van der Waals surface area contributed by atoms with E-state index in [0.717, 1.165) is 5.56 Å². The van der Waals surface area contributed by atoms with Crippen molar-refractivity contribution in [3.63, 3.8) is 0 Å². The van der Waals surface area contributed by atoms with Crippen LogP contribution in [0, 0.1) is 13.8 Å². The van der Waals surface area contributed by atoms with Crippen molar-refractivity contribution in [2.75, 3.05) is 19.8 Å². The van der Waals surface area contributed by atoms with Crippen molar-refractivity contribution < 1.29 is 19.1 Å². The zero-order valence-electron chi connectivity index (χ0n) is 15.6. The Labute approximate surface area is 153 Å². The van der Waals surface area contributed by atoms with E-state index in [2.05, 4.69) is 10.3 Å². The lowest BCUT2D eigenvalue weighted by molar-refractivity contribution is 0.0525. The summed E-state index contributed by atoms with van der Waals surface area (Å²) in [6.07, 6.45) is 0.710. The molecule has 1 heterocycles. The monoisotopic (exact) mass is 358 g/mol. The highest BCUT2D eigenvalue weighted by Gasteiger charge is 2.22. The van der Waals surface area contributed by atoms with E-state index in [0.29, 0.717) is 55.3 Å². The summed E-state index contributed by atoms with van der Waals surface area (Å²) in [5, 5.41) is 2.85. The minimum Gasteiger partial charge on any atom is -0.462 e. The van der Waals surface area contributed by atoms with E-state index in [-0.39, 0.29) is 5.91 Å². The molecule has 0 radical (unpaired) electrons. The molecule has 1 aromatic heterocycles. The van der Waals surface area contributed by atoms with Gasteiger partial charge >= 0.3 is 5.97 Å². The molecule has 0 aliphatic heterocycles. The first-order chi connectivity index (χ1) is 12.5. The topological polar surface area (TPSA) is 80.4 Å². The van der Waals surface area contributed by atoms with E-state index in [9.17, 15) is 9.59 Å². The van der Waals surface area contributed by atoms with Gasteiger partial charge in [0.15, 0.2) is 0 Å². The predicted octanol–water partition coefficient (Wildman–Crippen LogP) is 3.14. The maximum atomic E-state index is 12.3. The summed E-state index contributed by atoms with van der Waals surface area (Å²) in [7, 11) is 0. The average Bonchev–Trinajstić information content (AvgIpc) is 2.93. The van der Waals surface area contributed by atoms with Gasteiger partial charge in [-0.1, -0.05) is 30.3 Å². The summed E-state index contributed by atoms with van der Waals surface area (Å²) in [5.74, 6) is -0.642. The molecule has 0 fully saturated rings. The summed E-state index contributed by atoms with van der Waals surface area (Å²) < 4.78 is 10.6. The number of hydrogen-bond acceptors (Lipinski definition) is 4. The van der Waals surface area contributed by atoms with Crippen LogP contribution >= 0.6 is 0 Å². The van der Waals surface area contributed by atoms with Crippen LogP contribution in [0.25, 0.3) is 0 Å². The van der Waals surface area contributed by atoms with Gasteiger partial charge in [0.2, 0.25) is 0 Å². The summed E-state index contributed by atoms with van der Waals surface area (Å²) in [4.78, 5) is 27.3. The molecule has 0 aliphatic rings. The molecule has 2 N–H and O–H groups in total. The minimum absolute atomic E-state index is 0.232. The zero-order chi connectivity index (χ0) is 18.9. The van der Waals surface area contributed by atoms with Gasteiger partial charge in [0.1, 0.15) is 5.69 Å². The van der Waals surface area contributed by atoms with Crippen molar-refractivity contribution in [1.82, 2.24) is 10.3 Å². The number of H-pyrrole nitrogens is 1. The third-order valence-electron chi connectivity index (χ3n) is 4.01. The maximum Gasteiger partial charge on any atom is 0.340 e. The van der Waals surface area contributed by atoms with Gasteiger partial charge in [-0.2, -0.15) is 0 Å². The highest BCUT2D eigenvalue weighted by Crippen LogP contribution is 2.19. The van der Waals surface area contributed by atoms with E-state index in [1.807, 2.05) is 30.3 Å². The number of benzene rings is 1. The first-order valence-corrected chi connectivity index (χ1v) is 8.80. The third-order valence-corrected chi connectivity index (χ3v) is 4.01. The molecule has 0 spiro atoms. The van der Waals surface area contributed by atoms with Crippen LogP contribution in [0.2, 0.25) is 0 Å². The Balaban J connectivity index is 1.77. The van der Waals surface area contributed by atoms with Crippen molar-refractivity contribution in [2.24, 2.45) is 0 Å². The molecule has 0 unspecified atom stereocenters. The van der Waals surface area contributed by atoms with E-state index >= 15 is 0 Å². The second kappa shape index (κ2) is 9.77. The molecule has 2 rings (SSSR count). The smallest absolute Gasteiger partial charge is 0.340 e. The highest BCUT2D eigenvalue weighted by molar-refractivity contribution is 6.00.